The van der Waals surface area contributed by atoms with E-state index in [-0.39, 0.29) is 0 Å². The van der Waals surface area contributed by atoms with Crippen LogP contribution in [0, 0.1) is 0 Å². The highest BCUT2D eigenvalue weighted by atomic mass is 16.5. The van der Waals surface area contributed by atoms with Crippen molar-refractivity contribution in [1.29, 1.82) is 0 Å². The number of methoxy groups -OCH3 is 1. The number of nitrogens with zero attached hydrogens (tertiary/aromatic N) is 3. The van der Waals surface area contributed by atoms with Gasteiger partial charge in [0.2, 0.25) is 0 Å². The van der Waals surface area contributed by atoms with Crippen LogP contribution in [0.3, 0.4) is 0 Å². The van der Waals surface area contributed by atoms with Crippen LogP contribution in [-0.2, 0) is 22.6 Å². The summed E-state index contributed by atoms with van der Waals surface area (Å²) in [6, 6.07) is 0. The molecule has 0 bridgehead atoms. The van der Waals surface area contributed by atoms with Crippen molar-refractivity contribution in [3.8, 4) is 0 Å². The lowest BCUT2D eigenvalue weighted by atomic mass is 10.5. The number of nitrogens with one attached hydrogen (secondary N) is 1. The Hall–Kier alpha value is -0.980. The summed E-state index contributed by atoms with van der Waals surface area (Å²) >= 11 is 0. The Bertz CT molecular complexity index is 278. The fraction of sp³-hybridized carbons (Fsp3) is 0.800. The highest BCUT2D eigenvalue weighted by Crippen LogP contribution is 1.90. The molecule has 1 N–H and O–H groups in total. The average Bonchev–Trinajstić information content (AvgIpc) is 2.72. The van der Waals surface area contributed by atoms with E-state index in [9.17, 15) is 0 Å². The molecule has 0 unspecified atom stereocenters. The highest BCUT2D eigenvalue weighted by Gasteiger charge is 1.98. The molecule has 0 aliphatic rings. The predicted molar refractivity (Wildman–Crippen MR) is 60.1 cm³/mol. The molecule has 0 saturated heterocycles. The topological polar surface area (TPSA) is 61.2 Å². The van der Waals surface area contributed by atoms with Crippen molar-refractivity contribution in [1.82, 2.24) is 20.1 Å². The highest BCUT2D eigenvalue weighted by molar-refractivity contribution is 4.79. The maximum atomic E-state index is 5.42. The quantitative estimate of drug-likeness (QED) is 0.605. The third-order valence-corrected chi connectivity index (χ3v) is 2.02. The summed E-state index contributed by atoms with van der Waals surface area (Å²) in [6.07, 6.45) is 2.66. The summed E-state index contributed by atoms with van der Waals surface area (Å²) < 4.78 is 12.1. The van der Waals surface area contributed by atoms with E-state index in [2.05, 4.69) is 15.4 Å². The van der Waals surface area contributed by atoms with Crippen LogP contribution in [0.2, 0.25) is 0 Å². The molecule has 0 aliphatic heterocycles. The van der Waals surface area contributed by atoms with E-state index in [1.54, 1.807) is 18.1 Å². The summed E-state index contributed by atoms with van der Waals surface area (Å²) in [5.41, 5.74) is 0. The van der Waals surface area contributed by atoms with Crippen LogP contribution in [0.4, 0.5) is 0 Å². The summed E-state index contributed by atoms with van der Waals surface area (Å²) in [4.78, 5) is 4.15. The Labute approximate surface area is 96.0 Å². The first-order valence-electron chi connectivity index (χ1n) is 5.46. The maximum Gasteiger partial charge on any atom is 0.164 e. The summed E-state index contributed by atoms with van der Waals surface area (Å²) in [5.74, 6) is 0.807. The van der Waals surface area contributed by atoms with Gasteiger partial charge in [-0.3, -0.25) is 4.68 Å². The average molecular weight is 228 g/mol. The fourth-order valence-electron chi connectivity index (χ4n) is 1.25. The van der Waals surface area contributed by atoms with E-state index in [0.717, 1.165) is 32.0 Å². The molecule has 1 rings (SSSR count). The zero-order valence-corrected chi connectivity index (χ0v) is 9.98. The first-order chi connectivity index (χ1) is 7.86. The number of rotatable bonds is 9. The molecule has 1 heterocycles. The van der Waals surface area contributed by atoms with Gasteiger partial charge in [0.05, 0.1) is 19.7 Å². The van der Waals surface area contributed by atoms with E-state index in [0.29, 0.717) is 13.2 Å². The third kappa shape index (κ3) is 5.20. The largest absolute Gasteiger partial charge is 0.385 e. The summed E-state index contributed by atoms with van der Waals surface area (Å²) in [6.45, 7) is 3.57. The third-order valence-electron chi connectivity index (χ3n) is 2.02. The van der Waals surface area contributed by atoms with E-state index >= 15 is 0 Å². The molecule has 0 saturated carbocycles. The molecule has 0 spiro atoms. The van der Waals surface area contributed by atoms with Gasteiger partial charge in [0, 0.05) is 20.3 Å². The van der Waals surface area contributed by atoms with Crippen LogP contribution in [0.1, 0.15) is 12.2 Å². The van der Waals surface area contributed by atoms with Gasteiger partial charge in [-0.05, 0) is 13.5 Å². The van der Waals surface area contributed by atoms with E-state index in [1.807, 2.05) is 7.05 Å². The van der Waals surface area contributed by atoms with Crippen LogP contribution >= 0.6 is 0 Å². The van der Waals surface area contributed by atoms with Crippen LogP contribution in [0.15, 0.2) is 6.33 Å². The molecular weight excluding hydrogens is 208 g/mol. The lowest BCUT2D eigenvalue weighted by molar-refractivity contribution is 0.0960. The molecule has 1 aromatic heterocycles. The first kappa shape index (κ1) is 13.1. The Morgan fingerprint density at radius 3 is 3.00 bits per heavy atom. The first-order valence-corrected chi connectivity index (χ1v) is 5.46. The van der Waals surface area contributed by atoms with Crippen LogP contribution < -0.4 is 5.32 Å². The van der Waals surface area contributed by atoms with Crippen molar-refractivity contribution < 1.29 is 9.47 Å². The monoisotopic (exact) mass is 228 g/mol. The smallest absolute Gasteiger partial charge is 0.164 e. The number of hydrogen-bond donors (Lipinski definition) is 1. The molecule has 0 aliphatic carbocycles. The van der Waals surface area contributed by atoms with Crippen molar-refractivity contribution in [2.24, 2.45) is 0 Å². The van der Waals surface area contributed by atoms with Crippen LogP contribution in [0.5, 0.6) is 0 Å². The van der Waals surface area contributed by atoms with Crippen molar-refractivity contribution in [2.45, 2.75) is 19.5 Å². The minimum absolute atomic E-state index is 0.659. The minimum Gasteiger partial charge on any atom is -0.385 e. The van der Waals surface area contributed by atoms with Crippen LogP contribution in [-0.4, -0.2) is 48.7 Å². The van der Waals surface area contributed by atoms with Crippen molar-refractivity contribution in [2.75, 3.05) is 34.0 Å². The van der Waals surface area contributed by atoms with E-state index < -0.39 is 0 Å². The predicted octanol–water partition coefficient (Wildman–Crippen LogP) is 0.0506. The zero-order chi connectivity index (χ0) is 11.6. The lowest BCUT2D eigenvalue weighted by Crippen LogP contribution is -2.10. The normalized spacial score (nSPS) is 10.9. The molecular formula is C10H20N4O2. The van der Waals surface area contributed by atoms with Crippen molar-refractivity contribution in [3.05, 3.63) is 12.2 Å². The fourth-order valence-corrected chi connectivity index (χ4v) is 1.25. The standard InChI is InChI=1S/C10H20N4O2/c1-11-8-10-12-9-14(13-10)4-7-16-6-3-5-15-2/h9,11H,3-8H2,1-2H3. The van der Waals surface area contributed by atoms with Gasteiger partial charge in [-0.2, -0.15) is 5.10 Å². The molecule has 16 heavy (non-hydrogen) atoms. The Morgan fingerprint density at radius 1 is 1.38 bits per heavy atom. The van der Waals surface area contributed by atoms with Gasteiger partial charge in [-0.1, -0.05) is 0 Å². The molecule has 0 amide bonds. The van der Waals surface area contributed by atoms with E-state index in [1.165, 1.54) is 0 Å². The Morgan fingerprint density at radius 2 is 2.25 bits per heavy atom. The molecule has 6 heteroatoms. The molecule has 92 valence electrons. The maximum absolute atomic E-state index is 5.42. The second-order valence-electron chi connectivity index (χ2n) is 3.41. The van der Waals surface area contributed by atoms with Gasteiger partial charge < -0.3 is 14.8 Å². The number of hydrogen-bond acceptors (Lipinski definition) is 5. The van der Waals surface area contributed by atoms with Gasteiger partial charge in [0.25, 0.3) is 0 Å². The van der Waals surface area contributed by atoms with Crippen molar-refractivity contribution in [3.63, 3.8) is 0 Å². The second kappa shape index (κ2) is 8.20. The molecule has 0 radical (unpaired) electrons. The Kier molecular flexibility index (Phi) is 6.71. The lowest BCUT2D eigenvalue weighted by Gasteiger charge is -2.03. The molecule has 0 aromatic carbocycles. The molecule has 1 aromatic rings. The van der Waals surface area contributed by atoms with Gasteiger partial charge in [0.1, 0.15) is 6.33 Å². The van der Waals surface area contributed by atoms with Gasteiger partial charge in [-0.15, -0.1) is 0 Å². The van der Waals surface area contributed by atoms with Gasteiger partial charge in [-0.25, -0.2) is 4.98 Å². The molecule has 0 atom stereocenters. The SMILES string of the molecule is CNCc1ncn(CCOCCCOC)n1. The van der Waals surface area contributed by atoms with Gasteiger partial charge >= 0.3 is 0 Å². The number of ether oxygens (including phenoxy) is 2. The molecule has 6 nitrogen and oxygen atoms in total. The zero-order valence-electron chi connectivity index (χ0n) is 9.98. The number of aromatic nitrogens is 3. The minimum atomic E-state index is 0.659. The van der Waals surface area contributed by atoms with Gasteiger partial charge in [0.15, 0.2) is 5.82 Å². The van der Waals surface area contributed by atoms with E-state index in [4.69, 9.17) is 9.47 Å². The van der Waals surface area contributed by atoms with Crippen LogP contribution in [0.25, 0.3) is 0 Å². The Balaban J connectivity index is 2.07. The van der Waals surface area contributed by atoms with Crippen molar-refractivity contribution >= 4 is 0 Å². The second-order valence-corrected chi connectivity index (χ2v) is 3.41. The summed E-state index contributed by atoms with van der Waals surface area (Å²) in [5, 5.41) is 7.28. The summed E-state index contributed by atoms with van der Waals surface area (Å²) in [7, 11) is 3.57. The molecule has 0 fully saturated rings.